The highest BCUT2D eigenvalue weighted by Gasteiger charge is 2.22. The number of aromatic nitrogens is 2. The van der Waals surface area contributed by atoms with Gasteiger partial charge in [0.2, 0.25) is 5.95 Å². The van der Waals surface area contributed by atoms with E-state index in [4.69, 9.17) is 0 Å². The normalized spacial score (nSPS) is 21.9. The summed E-state index contributed by atoms with van der Waals surface area (Å²) in [4.78, 5) is 10.9. The van der Waals surface area contributed by atoms with Gasteiger partial charge in [-0.2, -0.15) is 0 Å². The van der Waals surface area contributed by atoms with Crippen LogP contribution in [0.15, 0.2) is 12.3 Å². The number of anilines is 1. The van der Waals surface area contributed by atoms with Gasteiger partial charge < -0.3 is 10.0 Å². The Morgan fingerprint density at radius 1 is 1.44 bits per heavy atom. The van der Waals surface area contributed by atoms with Crippen LogP contribution in [0.1, 0.15) is 31.4 Å². The van der Waals surface area contributed by atoms with Gasteiger partial charge in [-0.1, -0.05) is 12.8 Å². The van der Waals surface area contributed by atoms with Crippen LogP contribution in [0.5, 0.6) is 0 Å². The van der Waals surface area contributed by atoms with Crippen molar-refractivity contribution in [2.24, 2.45) is 0 Å². The monoisotopic (exact) mass is 221 g/mol. The van der Waals surface area contributed by atoms with Crippen molar-refractivity contribution in [2.45, 2.75) is 38.6 Å². The Morgan fingerprint density at radius 3 is 3.06 bits per heavy atom. The van der Waals surface area contributed by atoms with Crippen LogP contribution in [-0.2, 0) is 0 Å². The van der Waals surface area contributed by atoms with E-state index in [0.29, 0.717) is 0 Å². The SMILES string of the molecule is Cc1ccnc(N2CCCCCC2CO)n1. The number of aliphatic hydroxyl groups is 1. The van der Waals surface area contributed by atoms with E-state index >= 15 is 0 Å². The number of nitrogens with zero attached hydrogens (tertiary/aromatic N) is 3. The van der Waals surface area contributed by atoms with Gasteiger partial charge in [-0.05, 0) is 25.8 Å². The summed E-state index contributed by atoms with van der Waals surface area (Å²) in [7, 11) is 0. The molecule has 1 atom stereocenters. The molecule has 0 saturated carbocycles. The molecule has 1 aromatic rings. The quantitative estimate of drug-likeness (QED) is 0.822. The van der Waals surface area contributed by atoms with Gasteiger partial charge in [0, 0.05) is 18.4 Å². The summed E-state index contributed by atoms with van der Waals surface area (Å²) in [6.45, 7) is 3.11. The zero-order valence-corrected chi connectivity index (χ0v) is 9.76. The maximum atomic E-state index is 9.42. The lowest BCUT2D eigenvalue weighted by molar-refractivity contribution is 0.254. The van der Waals surface area contributed by atoms with Crippen molar-refractivity contribution < 1.29 is 5.11 Å². The standard InChI is InChI=1S/C12H19N3O/c1-10-6-7-13-12(14-10)15-8-4-2-3-5-11(15)9-16/h6-7,11,16H,2-5,8-9H2,1H3. The summed E-state index contributed by atoms with van der Waals surface area (Å²) in [6, 6.07) is 2.08. The molecule has 4 heteroatoms. The number of hydrogen-bond acceptors (Lipinski definition) is 4. The molecular formula is C12H19N3O. The first-order valence-corrected chi connectivity index (χ1v) is 5.98. The molecule has 0 aromatic carbocycles. The van der Waals surface area contributed by atoms with Crippen molar-refractivity contribution in [1.82, 2.24) is 9.97 Å². The molecule has 2 rings (SSSR count). The highest BCUT2D eigenvalue weighted by Crippen LogP contribution is 2.20. The molecule has 0 amide bonds. The fourth-order valence-electron chi connectivity index (χ4n) is 2.20. The molecule has 1 aliphatic rings. The number of rotatable bonds is 2. The summed E-state index contributed by atoms with van der Waals surface area (Å²) in [5.74, 6) is 0.765. The van der Waals surface area contributed by atoms with Crippen molar-refractivity contribution in [3.05, 3.63) is 18.0 Å². The Bertz CT molecular complexity index is 343. The summed E-state index contributed by atoms with van der Waals surface area (Å²) in [6.07, 6.45) is 6.41. The largest absolute Gasteiger partial charge is 0.394 e. The molecule has 2 heterocycles. The minimum atomic E-state index is 0.185. The van der Waals surface area contributed by atoms with Gasteiger partial charge in [0.25, 0.3) is 0 Å². The molecule has 1 aliphatic heterocycles. The van der Waals surface area contributed by atoms with E-state index in [9.17, 15) is 5.11 Å². The van der Waals surface area contributed by atoms with E-state index < -0.39 is 0 Å². The number of aliphatic hydroxyl groups excluding tert-OH is 1. The lowest BCUT2D eigenvalue weighted by atomic mass is 10.1. The van der Waals surface area contributed by atoms with Gasteiger partial charge in [0.05, 0.1) is 12.6 Å². The van der Waals surface area contributed by atoms with Crippen molar-refractivity contribution in [2.75, 3.05) is 18.1 Å². The summed E-state index contributed by atoms with van der Waals surface area (Å²) in [5, 5.41) is 9.42. The van der Waals surface area contributed by atoms with Crippen molar-refractivity contribution in [3.63, 3.8) is 0 Å². The number of aryl methyl sites for hydroxylation is 1. The molecule has 1 unspecified atom stereocenters. The Morgan fingerprint density at radius 2 is 2.31 bits per heavy atom. The fourth-order valence-corrected chi connectivity index (χ4v) is 2.20. The van der Waals surface area contributed by atoms with E-state index in [2.05, 4.69) is 14.9 Å². The first kappa shape index (κ1) is 11.3. The average Bonchev–Trinajstić information content (AvgIpc) is 2.53. The van der Waals surface area contributed by atoms with Crippen molar-refractivity contribution in [1.29, 1.82) is 0 Å². The predicted molar refractivity (Wildman–Crippen MR) is 63.5 cm³/mol. The minimum Gasteiger partial charge on any atom is -0.394 e. The van der Waals surface area contributed by atoms with Gasteiger partial charge in [-0.25, -0.2) is 9.97 Å². The third kappa shape index (κ3) is 2.50. The van der Waals surface area contributed by atoms with Crippen LogP contribution < -0.4 is 4.90 Å². The fraction of sp³-hybridized carbons (Fsp3) is 0.667. The Kier molecular flexibility index (Phi) is 3.72. The molecule has 1 N–H and O–H groups in total. The average molecular weight is 221 g/mol. The van der Waals surface area contributed by atoms with Crippen LogP contribution >= 0.6 is 0 Å². The second-order valence-corrected chi connectivity index (χ2v) is 4.38. The molecule has 0 radical (unpaired) electrons. The van der Waals surface area contributed by atoms with Gasteiger partial charge in [-0.15, -0.1) is 0 Å². The van der Waals surface area contributed by atoms with E-state index in [-0.39, 0.29) is 12.6 Å². The molecule has 0 bridgehead atoms. The van der Waals surface area contributed by atoms with E-state index in [1.54, 1.807) is 6.20 Å². The van der Waals surface area contributed by atoms with Crippen molar-refractivity contribution in [3.8, 4) is 0 Å². The molecule has 88 valence electrons. The molecule has 4 nitrogen and oxygen atoms in total. The molecule has 1 aromatic heterocycles. The summed E-state index contributed by atoms with van der Waals surface area (Å²) < 4.78 is 0. The highest BCUT2D eigenvalue weighted by molar-refractivity contribution is 5.32. The smallest absolute Gasteiger partial charge is 0.225 e. The maximum absolute atomic E-state index is 9.42. The molecule has 0 aliphatic carbocycles. The van der Waals surface area contributed by atoms with Gasteiger partial charge >= 0.3 is 0 Å². The second-order valence-electron chi connectivity index (χ2n) is 4.38. The highest BCUT2D eigenvalue weighted by atomic mass is 16.3. The van der Waals surface area contributed by atoms with E-state index in [0.717, 1.165) is 31.0 Å². The van der Waals surface area contributed by atoms with Gasteiger partial charge in [-0.3, -0.25) is 0 Å². The lowest BCUT2D eigenvalue weighted by Gasteiger charge is -2.28. The van der Waals surface area contributed by atoms with Crippen LogP contribution in [-0.4, -0.2) is 34.3 Å². The molecule has 1 saturated heterocycles. The van der Waals surface area contributed by atoms with Crippen LogP contribution in [0.3, 0.4) is 0 Å². The van der Waals surface area contributed by atoms with Crippen LogP contribution in [0.4, 0.5) is 5.95 Å². The van der Waals surface area contributed by atoms with Crippen LogP contribution in [0, 0.1) is 6.92 Å². The minimum absolute atomic E-state index is 0.185. The zero-order chi connectivity index (χ0) is 11.4. The van der Waals surface area contributed by atoms with Crippen LogP contribution in [0.2, 0.25) is 0 Å². The Balaban J connectivity index is 2.21. The second kappa shape index (κ2) is 5.25. The Labute approximate surface area is 96.3 Å². The third-order valence-electron chi connectivity index (χ3n) is 3.13. The molecular weight excluding hydrogens is 202 g/mol. The topological polar surface area (TPSA) is 49.2 Å². The van der Waals surface area contributed by atoms with Gasteiger partial charge in [0.15, 0.2) is 0 Å². The molecule has 1 fully saturated rings. The zero-order valence-electron chi connectivity index (χ0n) is 9.76. The molecule has 0 spiro atoms. The summed E-state index contributed by atoms with van der Waals surface area (Å²) >= 11 is 0. The van der Waals surface area contributed by atoms with Crippen molar-refractivity contribution >= 4 is 5.95 Å². The summed E-state index contributed by atoms with van der Waals surface area (Å²) in [5.41, 5.74) is 0.978. The first-order chi connectivity index (χ1) is 7.81. The van der Waals surface area contributed by atoms with E-state index in [1.165, 1.54) is 12.8 Å². The maximum Gasteiger partial charge on any atom is 0.225 e. The lowest BCUT2D eigenvalue weighted by Crippen LogP contribution is -2.38. The number of hydrogen-bond donors (Lipinski definition) is 1. The predicted octanol–water partition coefficient (Wildman–Crippen LogP) is 1.53. The molecule has 16 heavy (non-hydrogen) atoms. The third-order valence-corrected chi connectivity index (χ3v) is 3.13. The first-order valence-electron chi connectivity index (χ1n) is 5.98. The van der Waals surface area contributed by atoms with Gasteiger partial charge in [0.1, 0.15) is 0 Å². The Hall–Kier alpha value is -1.16. The van der Waals surface area contributed by atoms with E-state index in [1.807, 2.05) is 13.0 Å². The van der Waals surface area contributed by atoms with Crippen LogP contribution in [0.25, 0.3) is 0 Å².